The van der Waals surface area contributed by atoms with E-state index in [0.29, 0.717) is 10.2 Å². The van der Waals surface area contributed by atoms with Gasteiger partial charge in [0.05, 0.1) is 17.8 Å². The second-order valence-electron chi connectivity index (χ2n) is 7.19. The quantitative estimate of drug-likeness (QED) is 0.471. The first-order valence-electron chi connectivity index (χ1n) is 10.0. The SMILES string of the molecule is CCC[C@@H](NC(=O)Cn1cnc2scc(-c3ccccc3)c2c1=O)c1ccccc1. The molecule has 0 aliphatic rings. The molecule has 1 N–H and O–H groups in total. The number of carbonyl (C=O) groups excluding carboxylic acids is 1. The second kappa shape index (κ2) is 9.05. The van der Waals surface area contributed by atoms with Crippen LogP contribution < -0.4 is 10.9 Å². The fourth-order valence-corrected chi connectivity index (χ4v) is 4.51. The third-order valence-electron chi connectivity index (χ3n) is 5.07. The van der Waals surface area contributed by atoms with E-state index in [2.05, 4.69) is 17.2 Å². The summed E-state index contributed by atoms with van der Waals surface area (Å²) >= 11 is 1.44. The third kappa shape index (κ3) is 4.19. The summed E-state index contributed by atoms with van der Waals surface area (Å²) in [6.45, 7) is 2.03. The first-order chi connectivity index (χ1) is 14.7. The van der Waals surface area contributed by atoms with Gasteiger partial charge < -0.3 is 5.32 Å². The predicted octanol–water partition coefficient (Wildman–Crippen LogP) is 4.78. The van der Waals surface area contributed by atoms with Crippen LogP contribution in [0.1, 0.15) is 31.4 Å². The fourth-order valence-electron chi connectivity index (χ4n) is 3.60. The Morgan fingerprint density at radius 2 is 1.80 bits per heavy atom. The molecule has 2 heterocycles. The molecule has 2 aromatic carbocycles. The van der Waals surface area contributed by atoms with Crippen LogP contribution in [0.4, 0.5) is 0 Å². The number of benzene rings is 2. The van der Waals surface area contributed by atoms with Crippen LogP contribution >= 0.6 is 11.3 Å². The molecule has 0 bridgehead atoms. The highest BCUT2D eigenvalue weighted by atomic mass is 32.1. The van der Waals surface area contributed by atoms with Crippen molar-refractivity contribution >= 4 is 27.5 Å². The van der Waals surface area contributed by atoms with E-state index in [0.717, 1.165) is 29.5 Å². The van der Waals surface area contributed by atoms with Gasteiger partial charge in [0.15, 0.2) is 0 Å². The molecule has 1 amide bonds. The van der Waals surface area contributed by atoms with Gasteiger partial charge in [0.2, 0.25) is 5.91 Å². The number of carbonyl (C=O) groups is 1. The van der Waals surface area contributed by atoms with Gasteiger partial charge in [-0.05, 0) is 17.5 Å². The Hall–Kier alpha value is -3.25. The molecule has 0 radical (unpaired) electrons. The Bertz CT molecular complexity index is 1200. The molecule has 0 aliphatic heterocycles. The maximum Gasteiger partial charge on any atom is 0.263 e. The maximum atomic E-state index is 13.2. The van der Waals surface area contributed by atoms with Crippen LogP contribution in [0.25, 0.3) is 21.3 Å². The highest BCUT2D eigenvalue weighted by Crippen LogP contribution is 2.30. The summed E-state index contributed by atoms with van der Waals surface area (Å²) in [6.07, 6.45) is 3.25. The molecule has 30 heavy (non-hydrogen) atoms. The van der Waals surface area contributed by atoms with Crippen molar-refractivity contribution in [3.05, 3.63) is 88.3 Å². The molecule has 6 heteroatoms. The van der Waals surface area contributed by atoms with Crippen molar-refractivity contribution in [1.82, 2.24) is 14.9 Å². The lowest BCUT2D eigenvalue weighted by Gasteiger charge is -2.19. The van der Waals surface area contributed by atoms with E-state index in [9.17, 15) is 9.59 Å². The number of hydrogen-bond donors (Lipinski definition) is 1. The summed E-state index contributed by atoms with van der Waals surface area (Å²) in [5.41, 5.74) is 2.70. The lowest BCUT2D eigenvalue weighted by molar-refractivity contribution is -0.122. The molecular formula is C24H23N3O2S. The van der Waals surface area contributed by atoms with E-state index in [1.807, 2.05) is 66.0 Å². The Morgan fingerprint density at radius 3 is 2.50 bits per heavy atom. The van der Waals surface area contributed by atoms with Crippen LogP contribution in [0.3, 0.4) is 0 Å². The first-order valence-corrected chi connectivity index (χ1v) is 10.9. The van der Waals surface area contributed by atoms with Gasteiger partial charge in [-0.2, -0.15) is 0 Å². The minimum atomic E-state index is -0.197. The van der Waals surface area contributed by atoms with Gasteiger partial charge in [0.25, 0.3) is 5.56 Å². The number of nitrogens with one attached hydrogen (secondary N) is 1. The van der Waals surface area contributed by atoms with Crippen molar-refractivity contribution in [3.8, 4) is 11.1 Å². The summed E-state index contributed by atoms with van der Waals surface area (Å²) in [5, 5.41) is 5.59. The van der Waals surface area contributed by atoms with Gasteiger partial charge in [0.1, 0.15) is 11.4 Å². The largest absolute Gasteiger partial charge is 0.348 e. The van der Waals surface area contributed by atoms with Crippen LogP contribution in [0.5, 0.6) is 0 Å². The van der Waals surface area contributed by atoms with E-state index < -0.39 is 0 Å². The highest BCUT2D eigenvalue weighted by Gasteiger charge is 2.17. The van der Waals surface area contributed by atoms with E-state index >= 15 is 0 Å². The Balaban J connectivity index is 1.60. The van der Waals surface area contributed by atoms with Crippen molar-refractivity contribution in [2.75, 3.05) is 0 Å². The topological polar surface area (TPSA) is 64.0 Å². The number of nitrogens with zero attached hydrogens (tertiary/aromatic N) is 2. The average molecular weight is 418 g/mol. The molecule has 4 aromatic rings. The van der Waals surface area contributed by atoms with E-state index in [1.54, 1.807) is 0 Å². The van der Waals surface area contributed by atoms with Crippen molar-refractivity contribution in [2.45, 2.75) is 32.4 Å². The van der Waals surface area contributed by atoms with Crippen LogP contribution in [-0.2, 0) is 11.3 Å². The molecule has 5 nitrogen and oxygen atoms in total. The summed E-state index contributed by atoms with van der Waals surface area (Å²) in [7, 11) is 0. The van der Waals surface area contributed by atoms with Crippen molar-refractivity contribution in [1.29, 1.82) is 0 Å². The van der Waals surface area contributed by atoms with Crippen LogP contribution in [0.2, 0.25) is 0 Å². The van der Waals surface area contributed by atoms with Gasteiger partial charge >= 0.3 is 0 Å². The molecule has 0 spiro atoms. The van der Waals surface area contributed by atoms with Crippen LogP contribution in [0, 0.1) is 0 Å². The second-order valence-corrected chi connectivity index (χ2v) is 8.05. The molecule has 0 saturated carbocycles. The van der Waals surface area contributed by atoms with Crippen LogP contribution in [-0.4, -0.2) is 15.5 Å². The van der Waals surface area contributed by atoms with E-state index in [4.69, 9.17) is 0 Å². The molecule has 1 atom stereocenters. The highest BCUT2D eigenvalue weighted by molar-refractivity contribution is 7.17. The number of fused-ring (bicyclic) bond motifs is 1. The normalized spacial score (nSPS) is 12.0. The minimum absolute atomic E-state index is 0.0566. The van der Waals surface area contributed by atoms with E-state index in [1.165, 1.54) is 22.2 Å². The summed E-state index contributed by atoms with van der Waals surface area (Å²) in [4.78, 5) is 31.0. The molecular weight excluding hydrogens is 394 g/mol. The lowest BCUT2D eigenvalue weighted by atomic mass is 10.0. The monoisotopic (exact) mass is 417 g/mol. The molecule has 4 rings (SSSR count). The molecule has 0 saturated heterocycles. The number of amides is 1. The van der Waals surface area contributed by atoms with Gasteiger partial charge in [0, 0.05) is 10.9 Å². The molecule has 0 fully saturated rings. The smallest absolute Gasteiger partial charge is 0.263 e. The first kappa shape index (κ1) is 20.0. The minimum Gasteiger partial charge on any atom is -0.348 e. The molecule has 0 aliphatic carbocycles. The van der Waals surface area contributed by atoms with Gasteiger partial charge in [-0.1, -0.05) is 74.0 Å². The summed E-state index contributed by atoms with van der Waals surface area (Å²) < 4.78 is 1.39. The zero-order valence-electron chi connectivity index (χ0n) is 16.7. The van der Waals surface area contributed by atoms with Crippen LogP contribution in [0.15, 0.2) is 77.2 Å². The Morgan fingerprint density at radius 1 is 1.10 bits per heavy atom. The third-order valence-corrected chi connectivity index (χ3v) is 5.96. The molecule has 152 valence electrons. The number of thiophene rings is 1. The number of aromatic nitrogens is 2. The molecule has 0 unspecified atom stereocenters. The van der Waals surface area contributed by atoms with Gasteiger partial charge in [-0.25, -0.2) is 4.98 Å². The fraction of sp³-hybridized carbons (Fsp3) is 0.208. The number of rotatable bonds is 7. The zero-order chi connectivity index (χ0) is 20.9. The van der Waals surface area contributed by atoms with Gasteiger partial charge in [-0.15, -0.1) is 11.3 Å². The Labute approximate surface area is 179 Å². The van der Waals surface area contributed by atoms with Crippen molar-refractivity contribution < 1.29 is 4.79 Å². The Kier molecular flexibility index (Phi) is 6.05. The van der Waals surface area contributed by atoms with Gasteiger partial charge in [-0.3, -0.25) is 14.2 Å². The summed E-state index contributed by atoms with van der Waals surface area (Å²) in [6, 6.07) is 19.6. The average Bonchev–Trinajstić information content (AvgIpc) is 3.22. The number of hydrogen-bond acceptors (Lipinski definition) is 4. The molecule has 2 aromatic heterocycles. The maximum absolute atomic E-state index is 13.2. The van der Waals surface area contributed by atoms with Crippen molar-refractivity contribution in [2.24, 2.45) is 0 Å². The summed E-state index contributed by atoms with van der Waals surface area (Å²) in [5.74, 6) is -0.197. The van der Waals surface area contributed by atoms with E-state index in [-0.39, 0.29) is 24.1 Å². The zero-order valence-corrected chi connectivity index (χ0v) is 17.6. The predicted molar refractivity (Wildman–Crippen MR) is 122 cm³/mol. The lowest BCUT2D eigenvalue weighted by Crippen LogP contribution is -2.34. The standard InChI is InChI=1S/C24H23N3O2S/c1-2-9-20(18-12-7-4-8-13-18)26-21(28)14-27-16-25-23-22(24(27)29)19(15-30-23)17-10-5-3-6-11-17/h3-8,10-13,15-16,20H,2,9,14H2,1H3,(H,26,28)/t20-/m1/s1. The van der Waals surface area contributed by atoms with Crippen molar-refractivity contribution in [3.63, 3.8) is 0 Å².